The summed E-state index contributed by atoms with van der Waals surface area (Å²) in [6, 6.07) is -0.842. The number of hydrogen-bond donors (Lipinski definition) is 6. The Morgan fingerprint density at radius 3 is 1.10 bits per heavy atom. The summed E-state index contributed by atoms with van der Waals surface area (Å²) in [6.45, 7) is 3.66. The zero-order valence-corrected chi connectivity index (χ0v) is 55.7. The molecule has 0 aromatic rings. The number of aliphatic hydroxyl groups excluding tert-OH is 5. The molecule has 7 unspecified atom stereocenters. The minimum atomic E-state index is -1.58. The highest BCUT2D eigenvalue weighted by molar-refractivity contribution is 5.76. The molecule has 1 rings (SSSR count). The molecule has 0 saturated carbocycles. The molecule has 0 spiro atoms. The molecule has 7 atom stereocenters. The first-order valence-electron chi connectivity index (χ1n) is 35.9. The standard InChI is InChI=1S/C78H133NO8/c1-3-5-7-9-11-13-15-17-19-21-23-25-27-29-31-33-34-35-36-37-38-40-42-44-46-48-50-52-54-56-58-60-62-64-66-68-74(82)79-71(70-86-78-77(85)76(84)75(83)73(69-80)87-78)72(81)67-65-63-61-59-57-55-53-51-49-47-45-43-41-39-32-30-28-26-24-22-20-18-16-14-12-10-8-6-4-2/h5,7,11,13,17,19,23,25,29,31,34-35,37-38,42,44,49,51,57,59,65,67,71-73,75-78,80-81,83-85H,3-4,6,8-10,12,14-16,18,20-22,24,26-28,30,32-33,36,39-41,43,45-48,50,52-56,58,60-64,66,68-70H2,1-2H3,(H,79,82)/b7-5-,13-11-,19-17-,25-23-,31-29-,35-34-,38-37-,44-42-,51-49+,59-57+,67-65+. The number of allylic oxidation sites excluding steroid dienone is 21. The maximum absolute atomic E-state index is 13.1. The average molecular weight is 1210 g/mol. The molecule has 0 aromatic carbocycles. The molecular weight excluding hydrogens is 1080 g/mol. The minimum absolute atomic E-state index is 0.199. The largest absolute Gasteiger partial charge is 0.394 e. The SMILES string of the molecule is CC/C=C\C/C=C\C/C=C\C/C=C\C/C=C\C/C=C\C/C=C\C/C=C\CCCCCCCCCCCCC(=O)NC(COC1OC(CO)C(O)C(O)C1O)C(O)/C=C/CC/C=C/CC/C=C/CCCCCCCCCCCCCCCCCCCCC. The summed E-state index contributed by atoms with van der Waals surface area (Å²) in [5, 5.41) is 54.8. The van der Waals surface area contributed by atoms with Gasteiger partial charge in [0.2, 0.25) is 5.91 Å². The fourth-order valence-corrected chi connectivity index (χ4v) is 10.6. The predicted octanol–water partition coefficient (Wildman–Crippen LogP) is 20.0. The first kappa shape index (κ1) is 81.3. The molecule has 9 heteroatoms. The summed E-state index contributed by atoms with van der Waals surface area (Å²) in [6.07, 6.45) is 92.7. The Morgan fingerprint density at radius 2 is 0.724 bits per heavy atom. The third-order valence-corrected chi connectivity index (χ3v) is 16.2. The molecule has 1 aliphatic heterocycles. The average Bonchev–Trinajstić information content (AvgIpc) is 3.47. The minimum Gasteiger partial charge on any atom is -0.394 e. The van der Waals surface area contributed by atoms with Crippen molar-refractivity contribution < 1.29 is 39.8 Å². The molecule has 0 bridgehead atoms. The summed E-state index contributed by atoms with van der Waals surface area (Å²) in [5.74, 6) is -0.199. The van der Waals surface area contributed by atoms with Crippen LogP contribution in [0.4, 0.5) is 0 Å². The Bertz CT molecular complexity index is 1840. The maximum Gasteiger partial charge on any atom is 0.220 e. The lowest BCUT2D eigenvalue weighted by Crippen LogP contribution is -2.60. The topological polar surface area (TPSA) is 149 Å². The van der Waals surface area contributed by atoms with Crippen LogP contribution < -0.4 is 5.32 Å². The number of carbonyl (C=O) groups is 1. The maximum atomic E-state index is 13.1. The Labute approximate surface area is 534 Å². The highest BCUT2D eigenvalue weighted by Gasteiger charge is 2.44. The fourth-order valence-electron chi connectivity index (χ4n) is 10.6. The molecule has 498 valence electrons. The van der Waals surface area contributed by atoms with E-state index >= 15 is 0 Å². The van der Waals surface area contributed by atoms with Crippen molar-refractivity contribution in [2.45, 2.75) is 339 Å². The molecule has 9 nitrogen and oxygen atoms in total. The van der Waals surface area contributed by atoms with Crippen LogP contribution in [-0.4, -0.2) is 87.5 Å². The van der Waals surface area contributed by atoms with Crippen molar-refractivity contribution in [3.8, 4) is 0 Å². The lowest BCUT2D eigenvalue weighted by molar-refractivity contribution is -0.302. The van der Waals surface area contributed by atoms with Gasteiger partial charge in [-0.1, -0.05) is 314 Å². The Morgan fingerprint density at radius 1 is 0.402 bits per heavy atom. The van der Waals surface area contributed by atoms with Crippen molar-refractivity contribution >= 4 is 5.91 Å². The van der Waals surface area contributed by atoms with Gasteiger partial charge >= 0.3 is 0 Å². The molecule has 1 saturated heterocycles. The smallest absolute Gasteiger partial charge is 0.220 e. The van der Waals surface area contributed by atoms with Crippen LogP contribution in [0.2, 0.25) is 0 Å². The molecular formula is C78H133NO8. The number of aliphatic hydroxyl groups is 5. The second kappa shape index (κ2) is 65.3. The first-order chi connectivity index (χ1) is 42.8. The quantitative estimate of drug-likeness (QED) is 0.0261. The van der Waals surface area contributed by atoms with Gasteiger partial charge in [0, 0.05) is 6.42 Å². The zero-order valence-electron chi connectivity index (χ0n) is 55.7. The number of nitrogens with one attached hydrogen (secondary N) is 1. The molecule has 1 heterocycles. The van der Waals surface area contributed by atoms with Crippen molar-refractivity contribution in [1.82, 2.24) is 5.32 Å². The molecule has 1 fully saturated rings. The van der Waals surface area contributed by atoms with E-state index in [9.17, 15) is 30.3 Å². The van der Waals surface area contributed by atoms with Crippen molar-refractivity contribution in [3.05, 3.63) is 134 Å². The van der Waals surface area contributed by atoms with Gasteiger partial charge in [-0.05, 0) is 109 Å². The van der Waals surface area contributed by atoms with Gasteiger partial charge < -0.3 is 40.3 Å². The van der Waals surface area contributed by atoms with Gasteiger partial charge in [-0.2, -0.15) is 0 Å². The summed E-state index contributed by atoms with van der Waals surface area (Å²) >= 11 is 0. The Kier molecular flexibility index (Phi) is 61.0. The summed E-state index contributed by atoms with van der Waals surface area (Å²) in [4.78, 5) is 13.1. The Hall–Kier alpha value is -3.67. The van der Waals surface area contributed by atoms with E-state index in [1.54, 1.807) is 6.08 Å². The molecule has 1 amide bonds. The van der Waals surface area contributed by atoms with Gasteiger partial charge in [0.1, 0.15) is 24.4 Å². The van der Waals surface area contributed by atoms with E-state index in [-0.39, 0.29) is 12.5 Å². The van der Waals surface area contributed by atoms with E-state index in [1.165, 1.54) is 167 Å². The van der Waals surface area contributed by atoms with E-state index in [0.29, 0.717) is 6.42 Å². The van der Waals surface area contributed by atoms with E-state index in [0.717, 1.165) is 109 Å². The third kappa shape index (κ3) is 53.8. The summed E-state index contributed by atoms with van der Waals surface area (Å²) in [5.41, 5.74) is 0. The van der Waals surface area contributed by atoms with Crippen molar-refractivity contribution in [2.75, 3.05) is 13.2 Å². The van der Waals surface area contributed by atoms with Crippen LogP contribution >= 0.6 is 0 Å². The Balaban J connectivity index is 2.19. The third-order valence-electron chi connectivity index (χ3n) is 16.2. The molecule has 6 N–H and O–H groups in total. The normalized spacial score (nSPS) is 18.8. The van der Waals surface area contributed by atoms with Crippen molar-refractivity contribution in [2.24, 2.45) is 0 Å². The lowest BCUT2D eigenvalue weighted by atomic mass is 9.99. The van der Waals surface area contributed by atoms with Gasteiger partial charge in [-0.25, -0.2) is 0 Å². The highest BCUT2D eigenvalue weighted by atomic mass is 16.7. The number of ether oxygens (including phenoxy) is 2. The van der Waals surface area contributed by atoms with Crippen molar-refractivity contribution in [3.63, 3.8) is 0 Å². The summed E-state index contributed by atoms with van der Waals surface area (Å²) < 4.78 is 11.3. The zero-order chi connectivity index (χ0) is 62.8. The monoisotopic (exact) mass is 1210 g/mol. The van der Waals surface area contributed by atoms with Gasteiger partial charge in [0.15, 0.2) is 6.29 Å². The second-order valence-corrected chi connectivity index (χ2v) is 24.3. The van der Waals surface area contributed by atoms with E-state index in [2.05, 4.69) is 141 Å². The molecule has 0 aliphatic carbocycles. The molecule has 1 aliphatic rings. The number of carbonyl (C=O) groups excluding carboxylic acids is 1. The van der Waals surface area contributed by atoms with Gasteiger partial charge in [0.05, 0.1) is 25.4 Å². The van der Waals surface area contributed by atoms with Crippen LogP contribution in [-0.2, 0) is 14.3 Å². The first-order valence-corrected chi connectivity index (χ1v) is 35.9. The van der Waals surface area contributed by atoms with Gasteiger partial charge in [-0.3, -0.25) is 4.79 Å². The van der Waals surface area contributed by atoms with Gasteiger partial charge in [0.25, 0.3) is 0 Å². The van der Waals surface area contributed by atoms with E-state index < -0.39 is 49.5 Å². The van der Waals surface area contributed by atoms with Crippen LogP contribution in [0.15, 0.2) is 134 Å². The van der Waals surface area contributed by atoms with Gasteiger partial charge in [-0.15, -0.1) is 0 Å². The number of rotatable bonds is 61. The van der Waals surface area contributed by atoms with E-state index in [1.807, 2.05) is 6.08 Å². The number of hydrogen-bond acceptors (Lipinski definition) is 8. The molecule has 0 aromatic heterocycles. The van der Waals surface area contributed by atoms with Crippen LogP contribution in [0, 0.1) is 0 Å². The van der Waals surface area contributed by atoms with Crippen LogP contribution in [0.25, 0.3) is 0 Å². The predicted molar refractivity (Wildman–Crippen MR) is 373 cm³/mol. The number of amides is 1. The summed E-state index contributed by atoms with van der Waals surface area (Å²) in [7, 11) is 0. The molecule has 87 heavy (non-hydrogen) atoms. The van der Waals surface area contributed by atoms with Crippen LogP contribution in [0.1, 0.15) is 296 Å². The molecule has 0 radical (unpaired) electrons. The number of unbranched alkanes of at least 4 members (excludes halogenated alkanes) is 31. The van der Waals surface area contributed by atoms with E-state index in [4.69, 9.17) is 9.47 Å². The second-order valence-electron chi connectivity index (χ2n) is 24.3. The fraction of sp³-hybridized carbons (Fsp3) is 0.705. The van der Waals surface area contributed by atoms with Crippen LogP contribution in [0.5, 0.6) is 0 Å². The lowest BCUT2D eigenvalue weighted by Gasteiger charge is -2.40. The van der Waals surface area contributed by atoms with Crippen molar-refractivity contribution in [1.29, 1.82) is 0 Å². The van der Waals surface area contributed by atoms with Crippen LogP contribution in [0.3, 0.4) is 0 Å². The highest BCUT2D eigenvalue weighted by Crippen LogP contribution is 2.23.